The Kier molecular flexibility index (Phi) is 4.15. The fourth-order valence-corrected chi connectivity index (χ4v) is 2.34. The van der Waals surface area contributed by atoms with Crippen LogP contribution in [0.15, 0.2) is 27.8 Å². The Hall–Kier alpha value is -2.09. The van der Waals surface area contributed by atoms with E-state index in [-0.39, 0.29) is 18.0 Å². The third-order valence-corrected chi connectivity index (χ3v) is 3.62. The van der Waals surface area contributed by atoms with Crippen LogP contribution in [-0.4, -0.2) is 22.2 Å². The van der Waals surface area contributed by atoms with Crippen molar-refractivity contribution in [3.05, 3.63) is 44.6 Å². The minimum Gasteiger partial charge on any atom is -0.315 e. The molecule has 1 N–H and O–H groups in total. The Balaban J connectivity index is 2.88. The van der Waals surface area contributed by atoms with Crippen LogP contribution in [0.3, 0.4) is 0 Å². The Morgan fingerprint density at radius 2 is 1.91 bits per heavy atom. The molecule has 0 aliphatic heterocycles. The van der Waals surface area contributed by atoms with Gasteiger partial charge in [0.15, 0.2) is 0 Å². The molecule has 22 heavy (non-hydrogen) atoms. The summed E-state index contributed by atoms with van der Waals surface area (Å²) < 4.78 is 41.1. The molecule has 0 radical (unpaired) electrons. The topological polar surface area (TPSA) is 56.0 Å². The van der Waals surface area contributed by atoms with E-state index in [9.17, 15) is 22.8 Å². The van der Waals surface area contributed by atoms with E-state index in [4.69, 9.17) is 0 Å². The van der Waals surface area contributed by atoms with Crippen molar-refractivity contribution in [1.29, 1.82) is 0 Å². The number of hydrogen-bond acceptors (Lipinski definition) is 3. The lowest BCUT2D eigenvalue weighted by molar-refractivity contribution is -0.136. The first-order chi connectivity index (χ1) is 10.2. The number of aryl methyl sites for hydroxylation is 1. The number of nitrogens with one attached hydrogen (secondary N) is 1. The number of benzene rings is 1. The molecule has 1 unspecified atom stereocenters. The molecule has 0 spiro atoms. The standard InChI is InChI=1S/C14H16F3N3O2/c1-8(18-2)7-20-12(21)9-5-4-6-10(14(15,16)17)11(9)19(3)13(20)22/h4-6,8,18H,7H2,1-3H3. The molecule has 2 aromatic rings. The van der Waals surface area contributed by atoms with Gasteiger partial charge in [0, 0.05) is 19.6 Å². The van der Waals surface area contributed by atoms with Crippen molar-refractivity contribution >= 4 is 10.9 Å². The largest absolute Gasteiger partial charge is 0.418 e. The number of likely N-dealkylation sites (N-methyl/N-ethyl adjacent to an activating group) is 1. The molecular formula is C14H16F3N3O2. The number of fused-ring (bicyclic) bond motifs is 1. The Morgan fingerprint density at radius 3 is 2.45 bits per heavy atom. The summed E-state index contributed by atoms with van der Waals surface area (Å²) in [6, 6.07) is 3.16. The average molecular weight is 315 g/mol. The second-order valence-electron chi connectivity index (χ2n) is 5.15. The summed E-state index contributed by atoms with van der Waals surface area (Å²) in [7, 11) is 2.91. The molecule has 1 aromatic heterocycles. The Morgan fingerprint density at radius 1 is 1.27 bits per heavy atom. The van der Waals surface area contributed by atoms with Gasteiger partial charge in [0.2, 0.25) is 0 Å². The molecule has 2 rings (SSSR count). The molecule has 0 fully saturated rings. The van der Waals surface area contributed by atoms with E-state index in [1.165, 1.54) is 19.2 Å². The third kappa shape index (κ3) is 2.66. The predicted octanol–water partition coefficient (Wildman–Crippen LogP) is 1.33. The van der Waals surface area contributed by atoms with E-state index in [0.717, 1.165) is 15.2 Å². The fraction of sp³-hybridized carbons (Fsp3) is 0.429. The number of aromatic nitrogens is 2. The zero-order valence-corrected chi connectivity index (χ0v) is 12.4. The molecule has 0 aliphatic rings. The minimum absolute atomic E-state index is 0.0776. The van der Waals surface area contributed by atoms with Crippen LogP contribution < -0.4 is 16.6 Å². The van der Waals surface area contributed by atoms with Gasteiger partial charge in [-0.25, -0.2) is 4.79 Å². The average Bonchev–Trinajstić information content (AvgIpc) is 2.47. The van der Waals surface area contributed by atoms with Crippen molar-refractivity contribution in [2.24, 2.45) is 7.05 Å². The van der Waals surface area contributed by atoms with Gasteiger partial charge in [0.25, 0.3) is 5.56 Å². The molecule has 0 aliphatic carbocycles. The monoisotopic (exact) mass is 315 g/mol. The third-order valence-electron chi connectivity index (χ3n) is 3.62. The lowest BCUT2D eigenvalue weighted by Crippen LogP contribution is -2.43. The highest BCUT2D eigenvalue weighted by atomic mass is 19.4. The zero-order chi connectivity index (χ0) is 16.7. The number of nitrogens with zero attached hydrogens (tertiary/aromatic N) is 2. The molecule has 1 heterocycles. The Labute approximate surface area is 124 Å². The molecular weight excluding hydrogens is 299 g/mol. The molecule has 5 nitrogen and oxygen atoms in total. The normalized spacial score (nSPS) is 13.5. The van der Waals surface area contributed by atoms with E-state index in [0.29, 0.717) is 0 Å². The SMILES string of the molecule is CNC(C)Cn1c(=O)c2cccc(C(F)(F)F)c2n(C)c1=O. The summed E-state index contributed by atoms with van der Waals surface area (Å²) in [5.41, 5.74) is -2.86. The number of hydrogen-bond donors (Lipinski definition) is 1. The van der Waals surface area contributed by atoms with Gasteiger partial charge in [0.05, 0.1) is 16.5 Å². The first-order valence-corrected chi connectivity index (χ1v) is 6.65. The van der Waals surface area contributed by atoms with Crippen LogP contribution in [0.5, 0.6) is 0 Å². The summed E-state index contributed by atoms with van der Waals surface area (Å²) in [4.78, 5) is 24.7. The molecule has 1 aromatic carbocycles. The van der Waals surface area contributed by atoms with E-state index >= 15 is 0 Å². The molecule has 0 saturated carbocycles. The summed E-state index contributed by atoms with van der Waals surface area (Å²) in [5, 5.41) is 2.76. The van der Waals surface area contributed by atoms with Gasteiger partial charge >= 0.3 is 11.9 Å². The molecule has 8 heteroatoms. The molecule has 0 bridgehead atoms. The van der Waals surface area contributed by atoms with E-state index in [1.54, 1.807) is 14.0 Å². The predicted molar refractivity (Wildman–Crippen MR) is 77.0 cm³/mol. The smallest absolute Gasteiger partial charge is 0.315 e. The molecule has 120 valence electrons. The first-order valence-electron chi connectivity index (χ1n) is 6.65. The number of rotatable bonds is 3. The van der Waals surface area contributed by atoms with E-state index in [1.807, 2.05) is 0 Å². The van der Waals surface area contributed by atoms with Crippen molar-refractivity contribution in [3.63, 3.8) is 0 Å². The number of para-hydroxylation sites is 1. The summed E-state index contributed by atoms with van der Waals surface area (Å²) >= 11 is 0. The highest BCUT2D eigenvalue weighted by Crippen LogP contribution is 2.33. The lowest BCUT2D eigenvalue weighted by Gasteiger charge is -2.17. The van der Waals surface area contributed by atoms with Gasteiger partial charge in [-0.05, 0) is 26.1 Å². The van der Waals surface area contributed by atoms with Gasteiger partial charge < -0.3 is 5.32 Å². The fourth-order valence-electron chi connectivity index (χ4n) is 2.34. The van der Waals surface area contributed by atoms with Crippen LogP contribution >= 0.6 is 0 Å². The van der Waals surface area contributed by atoms with Gasteiger partial charge in [-0.3, -0.25) is 13.9 Å². The minimum atomic E-state index is -4.64. The van der Waals surface area contributed by atoms with Crippen molar-refractivity contribution in [1.82, 2.24) is 14.5 Å². The van der Waals surface area contributed by atoms with Gasteiger partial charge in [0.1, 0.15) is 0 Å². The van der Waals surface area contributed by atoms with Crippen molar-refractivity contribution < 1.29 is 13.2 Å². The molecule has 1 atom stereocenters. The second kappa shape index (κ2) is 5.60. The maximum absolute atomic E-state index is 13.1. The lowest BCUT2D eigenvalue weighted by atomic mass is 10.1. The quantitative estimate of drug-likeness (QED) is 0.929. The van der Waals surface area contributed by atoms with Crippen LogP contribution in [0.1, 0.15) is 12.5 Å². The van der Waals surface area contributed by atoms with E-state index < -0.39 is 28.5 Å². The maximum atomic E-state index is 13.1. The van der Waals surface area contributed by atoms with Gasteiger partial charge in [-0.15, -0.1) is 0 Å². The van der Waals surface area contributed by atoms with Crippen LogP contribution in [0.2, 0.25) is 0 Å². The summed E-state index contributed by atoms with van der Waals surface area (Å²) in [6.45, 7) is 1.84. The maximum Gasteiger partial charge on any atom is 0.418 e. The summed E-state index contributed by atoms with van der Waals surface area (Å²) in [6.07, 6.45) is -4.64. The van der Waals surface area contributed by atoms with Crippen LogP contribution in [0.25, 0.3) is 10.9 Å². The van der Waals surface area contributed by atoms with Crippen molar-refractivity contribution in [3.8, 4) is 0 Å². The van der Waals surface area contributed by atoms with Crippen molar-refractivity contribution in [2.45, 2.75) is 25.7 Å². The van der Waals surface area contributed by atoms with Crippen LogP contribution in [-0.2, 0) is 19.8 Å². The summed E-state index contributed by atoms with van der Waals surface area (Å²) in [5.74, 6) is 0. The van der Waals surface area contributed by atoms with Gasteiger partial charge in [-0.2, -0.15) is 13.2 Å². The number of halogens is 3. The van der Waals surface area contributed by atoms with Crippen LogP contribution in [0, 0.1) is 0 Å². The highest BCUT2D eigenvalue weighted by molar-refractivity contribution is 5.81. The first kappa shape index (κ1) is 16.3. The van der Waals surface area contributed by atoms with Gasteiger partial charge in [-0.1, -0.05) is 6.07 Å². The van der Waals surface area contributed by atoms with Crippen LogP contribution in [0.4, 0.5) is 13.2 Å². The highest BCUT2D eigenvalue weighted by Gasteiger charge is 2.34. The zero-order valence-electron chi connectivity index (χ0n) is 12.4. The molecule has 0 amide bonds. The molecule has 0 saturated heterocycles. The number of alkyl halides is 3. The second-order valence-corrected chi connectivity index (χ2v) is 5.15. The Bertz CT molecular complexity index is 821. The van der Waals surface area contributed by atoms with Crippen molar-refractivity contribution in [2.75, 3.05) is 7.05 Å². The van der Waals surface area contributed by atoms with E-state index in [2.05, 4.69) is 5.32 Å².